The van der Waals surface area contributed by atoms with Crippen LogP contribution in [-0.4, -0.2) is 41.8 Å². The zero-order valence-electron chi connectivity index (χ0n) is 17.3. The van der Waals surface area contributed by atoms with Crippen LogP contribution < -0.4 is 16.0 Å². The summed E-state index contributed by atoms with van der Waals surface area (Å²) in [6.07, 6.45) is 1.72. The molecule has 3 N–H and O–H groups in total. The molecule has 3 amide bonds. The summed E-state index contributed by atoms with van der Waals surface area (Å²) >= 11 is 0. The molecular weight excluding hydrogens is 392 g/mol. The minimum absolute atomic E-state index is 0.128. The van der Waals surface area contributed by atoms with Crippen LogP contribution in [0.5, 0.6) is 0 Å². The maximum atomic E-state index is 12.8. The predicted octanol–water partition coefficient (Wildman–Crippen LogP) is 2.14. The highest BCUT2D eigenvalue weighted by Crippen LogP contribution is 2.33. The fourth-order valence-electron chi connectivity index (χ4n) is 4.86. The highest BCUT2D eigenvalue weighted by atomic mass is 16.2. The van der Waals surface area contributed by atoms with E-state index >= 15 is 0 Å². The van der Waals surface area contributed by atoms with Crippen LogP contribution in [-0.2, 0) is 22.7 Å². The molecule has 0 saturated carbocycles. The molecule has 0 radical (unpaired) electrons. The minimum Gasteiger partial charge on any atom is -0.384 e. The van der Waals surface area contributed by atoms with E-state index in [9.17, 15) is 14.4 Å². The molecule has 2 aromatic carbocycles. The van der Waals surface area contributed by atoms with E-state index < -0.39 is 6.04 Å². The lowest BCUT2D eigenvalue weighted by atomic mass is 9.98. The second kappa shape index (κ2) is 8.15. The van der Waals surface area contributed by atoms with E-state index in [0.717, 1.165) is 37.2 Å². The first-order chi connectivity index (χ1) is 15.1. The van der Waals surface area contributed by atoms with Crippen molar-refractivity contribution in [3.05, 3.63) is 64.7 Å². The van der Waals surface area contributed by atoms with Gasteiger partial charge in [0.05, 0.1) is 0 Å². The molecule has 5 rings (SSSR count). The van der Waals surface area contributed by atoms with E-state index in [0.29, 0.717) is 24.4 Å². The molecule has 0 spiro atoms. The number of rotatable bonds is 6. The van der Waals surface area contributed by atoms with Gasteiger partial charge < -0.3 is 15.5 Å². The van der Waals surface area contributed by atoms with Crippen molar-refractivity contribution in [3.63, 3.8) is 0 Å². The third kappa shape index (κ3) is 3.81. The van der Waals surface area contributed by atoms with E-state index in [1.165, 1.54) is 11.3 Å². The number of nitrogens with one attached hydrogen (secondary N) is 3. The fraction of sp³-hybridized carbons (Fsp3) is 0.375. The molecule has 31 heavy (non-hydrogen) atoms. The Morgan fingerprint density at radius 1 is 1.10 bits per heavy atom. The summed E-state index contributed by atoms with van der Waals surface area (Å²) in [5, 5.41) is 9.33. The van der Waals surface area contributed by atoms with Crippen LogP contribution in [0.1, 0.15) is 52.2 Å². The summed E-state index contributed by atoms with van der Waals surface area (Å²) in [6.45, 7) is 3.05. The van der Waals surface area contributed by atoms with Gasteiger partial charge in [0.2, 0.25) is 11.8 Å². The van der Waals surface area contributed by atoms with Gasteiger partial charge in [-0.05, 0) is 48.2 Å². The molecule has 1 saturated heterocycles. The van der Waals surface area contributed by atoms with E-state index in [-0.39, 0.29) is 24.1 Å². The molecule has 1 fully saturated rings. The average molecular weight is 418 g/mol. The monoisotopic (exact) mass is 418 g/mol. The number of para-hydroxylation sites is 1. The Kier molecular flexibility index (Phi) is 5.19. The number of nitrogens with zero attached hydrogens (tertiary/aromatic N) is 1. The summed E-state index contributed by atoms with van der Waals surface area (Å²) in [5.41, 5.74) is 5.37. The van der Waals surface area contributed by atoms with Crippen molar-refractivity contribution >= 4 is 23.4 Å². The molecule has 7 heteroatoms. The molecule has 2 unspecified atom stereocenters. The largest absolute Gasteiger partial charge is 0.384 e. The van der Waals surface area contributed by atoms with Crippen LogP contribution in [0.3, 0.4) is 0 Å². The van der Waals surface area contributed by atoms with Gasteiger partial charge in [0, 0.05) is 43.2 Å². The SMILES string of the molecule is O=C1CCC(N2Cc3cc(CNCCC4CNc5ccccc54)ccc3C2=O)C(=O)N1. The third-order valence-electron chi connectivity index (χ3n) is 6.53. The van der Waals surface area contributed by atoms with Crippen molar-refractivity contribution in [1.29, 1.82) is 0 Å². The number of anilines is 1. The first kappa shape index (κ1) is 19.8. The van der Waals surface area contributed by atoms with E-state index in [2.05, 4.69) is 46.3 Å². The minimum atomic E-state index is -0.568. The van der Waals surface area contributed by atoms with Gasteiger partial charge in [-0.1, -0.05) is 30.3 Å². The van der Waals surface area contributed by atoms with Gasteiger partial charge in [-0.25, -0.2) is 0 Å². The Balaban J connectivity index is 1.16. The summed E-state index contributed by atoms with van der Waals surface area (Å²) in [5.74, 6) is -0.238. The number of carbonyl (C=O) groups is 3. The van der Waals surface area contributed by atoms with E-state index in [1.54, 1.807) is 4.90 Å². The standard InChI is InChI=1S/C24H26N4O3/c29-22-8-7-21(23(30)27-22)28-14-17-11-15(5-6-19(17)24(28)31)12-25-10-9-16-13-26-20-4-2-1-3-18(16)20/h1-6,11,16,21,25-26H,7-10,12-14H2,(H,27,29,30). The first-order valence-corrected chi connectivity index (χ1v) is 10.9. The molecule has 0 aliphatic carbocycles. The number of amides is 3. The molecule has 3 heterocycles. The number of carbonyl (C=O) groups excluding carboxylic acids is 3. The number of piperidine rings is 1. The van der Waals surface area contributed by atoms with Crippen molar-refractivity contribution in [2.24, 2.45) is 0 Å². The highest BCUT2D eigenvalue weighted by molar-refractivity contribution is 6.05. The van der Waals surface area contributed by atoms with Crippen LogP contribution in [0.15, 0.2) is 42.5 Å². The average Bonchev–Trinajstić information content (AvgIpc) is 3.32. The summed E-state index contributed by atoms with van der Waals surface area (Å²) in [6, 6.07) is 13.8. The molecule has 2 atom stereocenters. The number of benzene rings is 2. The smallest absolute Gasteiger partial charge is 0.255 e. The summed E-state index contributed by atoms with van der Waals surface area (Å²) in [4.78, 5) is 38.0. The molecule has 0 bridgehead atoms. The molecule has 3 aliphatic heterocycles. The van der Waals surface area contributed by atoms with Gasteiger partial charge in [0.25, 0.3) is 5.91 Å². The summed E-state index contributed by atoms with van der Waals surface area (Å²) < 4.78 is 0. The fourth-order valence-corrected chi connectivity index (χ4v) is 4.86. The Hall–Kier alpha value is -3.19. The van der Waals surface area contributed by atoms with Crippen LogP contribution in [0.4, 0.5) is 5.69 Å². The number of hydrogen-bond donors (Lipinski definition) is 3. The number of fused-ring (bicyclic) bond motifs is 2. The van der Waals surface area contributed by atoms with E-state index in [4.69, 9.17) is 0 Å². The lowest BCUT2D eigenvalue weighted by Gasteiger charge is -2.29. The van der Waals surface area contributed by atoms with Gasteiger partial charge in [-0.2, -0.15) is 0 Å². The lowest BCUT2D eigenvalue weighted by molar-refractivity contribution is -0.136. The Morgan fingerprint density at radius 3 is 2.84 bits per heavy atom. The second-order valence-corrected chi connectivity index (χ2v) is 8.52. The van der Waals surface area contributed by atoms with Crippen LogP contribution in [0, 0.1) is 0 Å². The zero-order valence-corrected chi connectivity index (χ0v) is 17.3. The number of hydrogen-bond acceptors (Lipinski definition) is 5. The van der Waals surface area contributed by atoms with Crippen molar-refractivity contribution in [3.8, 4) is 0 Å². The Morgan fingerprint density at radius 2 is 1.97 bits per heavy atom. The number of imide groups is 1. The molecular formula is C24H26N4O3. The normalized spacial score (nSPS) is 22.2. The molecule has 160 valence electrons. The lowest BCUT2D eigenvalue weighted by Crippen LogP contribution is -2.52. The highest BCUT2D eigenvalue weighted by Gasteiger charge is 2.39. The van der Waals surface area contributed by atoms with Gasteiger partial charge >= 0.3 is 0 Å². The first-order valence-electron chi connectivity index (χ1n) is 10.9. The van der Waals surface area contributed by atoms with Crippen LogP contribution >= 0.6 is 0 Å². The van der Waals surface area contributed by atoms with Crippen molar-refractivity contribution in [2.75, 3.05) is 18.4 Å². The van der Waals surface area contributed by atoms with Gasteiger partial charge in [-0.15, -0.1) is 0 Å². The topological polar surface area (TPSA) is 90.5 Å². The molecule has 3 aliphatic rings. The summed E-state index contributed by atoms with van der Waals surface area (Å²) in [7, 11) is 0. The van der Waals surface area contributed by atoms with Gasteiger partial charge in [-0.3, -0.25) is 19.7 Å². The van der Waals surface area contributed by atoms with Crippen molar-refractivity contribution < 1.29 is 14.4 Å². The predicted molar refractivity (Wildman–Crippen MR) is 116 cm³/mol. The zero-order chi connectivity index (χ0) is 21.4. The van der Waals surface area contributed by atoms with Crippen molar-refractivity contribution in [2.45, 2.75) is 44.3 Å². The maximum Gasteiger partial charge on any atom is 0.255 e. The Labute approximate surface area is 181 Å². The third-order valence-corrected chi connectivity index (χ3v) is 6.53. The Bertz CT molecular complexity index is 1050. The molecule has 7 nitrogen and oxygen atoms in total. The van der Waals surface area contributed by atoms with Gasteiger partial charge in [0.1, 0.15) is 6.04 Å². The van der Waals surface area contributed by atoms with Gasteiger partial charge in [0.15, 0.2) is 0 Å². The molecule has 2 aromatic rings. The molecule has 0 aromatic heterocycles. The van der Waals surface area contributed by atoms with Crippen LogP contribution in [0.25, 0.3) is 0 Å². The van der Waals surface area contributed by atoms with Crippen LogP contribution in [0.2, 0.25) is 0 Å². The van der Waals surface area contributed by atoms with Crippen molar-refractivity contribution in [1.82, 2.24) is 15.5 Å². The van der Waals surface area contributed by atoms with E-state index in [1.807, 2.05) is 12.1 Å². The maximum absolute atomic E-state index is 12.8. The quantitative estimate of drug-likeness (QED) is 0.494. The second-order valence-electron chi connectivity index (χ2n) is 8.52.